The summed E-state index contributed by atoms with van der Waals surface area (Å²) in [4.78, 5) is 16.8. The molecule has 9 heteroatoms. The third-order valence-electron chi connectivity index (χ3n) is 4.94. The molecule has 8 nitrogen and oxygen atoms in total. The number of piperazine rings is 1. The van der Waals surface area contributed by atoms with E-state index >= 15 is 0 Å². The number of hydrogen-bond acceptors (Lipinski definition) is 7. The highest BCUT2D eigenvalue weighted by molar-refractivity contribution is 6.33. The van der Waals surface area contributed by atoms with Crippen molar-refractivity contribution in [1.82, 2.24) is 4.90 Å². The van der Waals surface area contributed by atoms with Crippen molar-refractivity contribution in [2.24, 2.45) is 5.10 Å². The molecule has 0 atom stereocenters. The minimum atomic E-state index is -0.269. The largest absolute Gasteiger partial charge is 0.494 e. The number of hydrogen-bond donors (Lipinski definition) is 1. The van der Waals surface area contributed by atoms with Crippen LogP contribution in [0.1, 0.15) is 23.7 Å². The third-order valence-corrected chi connectivity index (χ3v) is 5.24. The Morgan fingerprint density at radius 3 is 2.41 bits per heavy atom. The summed E-state index contributed by atoms with van der Waals surface area (Å²) in [6.07, 6.45) is 0.936. The van der Waals surface area contributed by atoms with E-state index in [1.54, 1.807) is 36.4 Å². The zero-order chi connectivity index (χ0) is 22.9. The second-order valence-corrected chi connectivity index (χ2v) is 7.52. The first kappa shape index (κ1) is 22.9. The van der Waals surface area contributed by atoms with Gasteiger partial charge >= 0.3 is 0 Å². The van der Waals surface area contributed by atoms with Crippen LogP contribution in [0, 0.1) is 22.7 Å². The lowest BCUT2D eigenvalue weighted by atomic mass is 10.1. The molecule has 0 saturated carbocycles. The molecular formula is C23H23ClN6O2. The molecule has 1 heterocycles. The lowest BCUT2D eigenvalue weighted by Gasteiger charge is -2.36. The minimum absolute atomic E-state index is 0.000915. The highest BCUT2D eigenvalue weighted by atomic mass is 35.5. The summed E-state index contributed by atoms with van der Waals surface area (Å²) >= 11 is 6.44. The number of amides is 1. The van der Waals surface area contributed by atoms with Crippen molar-refractivity contribution in [1.29, 1.82) is 10.5 Å². The highest BCUT2D eigenvalue weighted by Crippen LogP contribution is 2.30. The Morgan fingerprint density at radius 1 is 1.12 bits per heavy atom. The Labute approximate surface area is 192 Å². The fourth-order valence-corrected chi connectivity index (χ4v) is 3.58. The SMILES string of the molecule is CCCOc1ccc(C(=O)N2CCN(c3ccc(NN=C(C#N)C#N)cc3Cl)CC2)cc1. The van der Waals surface area contributed by atoms with Gasteiger partial charge in [0.1, 0.15) is 17.9 Å². The number of carbonyl (C=O) groups is 1. The lowest BCUT2D eigenvalue weighted by Crippen LogP contribution is -2.48. The van der Waals surface area contributed by atoms with Gasteiger partial charge in [0.2, 0.25) is 5.71 Å². The summed E-state index contributed by atoms with van der Waals surface area (Å²) in [5.41, 5.74) is 4.45. The summed E-state index contributed by atoms with van der Waals surface area (Å²) in [5.74, 6) is 0.768. The van der Waals surface area contributed by atoms with Gasteiger partial charge in [0.15, 0.2) is 0 Å². The number of halogens is 1. The molecule has 1 aliphatic heterocycles. The molecule has 2 aromatic rings. The van der Waals surface area contributed by atoms with Crippen molar-refractivity contribution < 1.29 is 9.53 Å². The van der Waals surface area contributed by atoms with E-state index in [1.807, 2.05) is 30.0 Å². The molecule has 0 radical (unpaired) electrons. The maximum Gasteiger partial charge on any atom is 0.253 e. The molecule has 1 saturated heterocycles. The van der Waals surface area contributed by atoms with Crippen LogP contribution >= 0.6 is 11.6 Å². The van der Waals surface area contributed by atoms with Crippen molar-refractivity contribution in [2.75, 3.05) is 43.1 Å². The molecule has 1 N–H and O–H groups in total. The van der Waals surface area contributed by atoms with Crippen LogP contribution in [0.15, 0.2) is 47.6 Å². The number of anilines is 2. The smallest absolute Gasteiger partial charge is 0.253 e. The molecular weight excluding hydrogens is 428 g/mol. The van der Waals surface area contributed by atoms with Gasteiger partial charge in [0, 0.05) is 31.7 Å². The predicted octanol–water partition coefficient (Wildman–Crippen LogP) is 3.91. The maximum atomic E-state index is 12.8. The quantitative estimate of drug-likeness (QED) is 0.506. The summed E-state index contributed by atoms with van der Waals surface area (Å²) < 4.78 is 5.57. The summed E-state index contributed by atoms with van der Waals surface area (Å²) in [5, 5.41) is 21.7. The Balaban J connectivity index is 1.58. The molecule has 3 rings (SSSR count). The average Bonchev–Trinajstić information content (AvgIpc) is 2.83. The maximum absolute atomic E-state index is 12.8. The molecule has 0 bridgehead atoms. The van der Waals surface area contributed by atoms with Crippen molar-refractivity contribution >= 4 is 34.6 Å². The standard InChI is InChI=1S/C23H23ClN6O2/c1-2-13-32-20-6-3-17(4-7-20)23(31)30-11-9-29(10-12-30)22-8-5-18(14-21(22)24)27-28-19(15-25)16-26/h3-8,14,27H,2,9-13H2,1H3. The van der Waals surface area contributed by atoms with Gasteiger partial charge in [-0.3, -0.25) is 10.2 Å². The van der Waals surface area contributed by atoms with Crippen LogP contribution in [0.5, 0.6) is 5.75 Å². The molecule has 1 amide bonds. The Kier molecular flexibility index (Phi) is 7.91. The molecule has 1 aliphatic rings. The first-order chi connectivity index (χ1) is 15.5. The van der Waals surface area contributed by atoms with Gasteiger partial charge in [0.05, 0.1) is 23.0 Å². The van der Waals surface area contributed by atoms with Crippen molar-refractivity contribution in [2.45, 2.75) is 13.3 Å². The zero-order valence-corrected chi connectivity index (χ0v) is 18.5. The van der Waals surface area contributed by atoms with E-state index in [9.17, 15) is 4.79 Å². The van der Waals surface area contributed by atoms with Crippen LogP contribution in [-0.4, -0.2) is 49.3 Å². The Bertz CT molecular complexity index is 1050. The molecule has 0 aromatic heterocycles. The number of hydrazone groups is 1. The summed E-state index contributed by atoms with van der Waals surface area (Å²) in [6.45, 7) is 5.18. The normalized spacial score (nSPS) is 13.0. The lowest BCUT2D eigenvalue weighted by molar-refractivity contribution is 0.0747. The van der Waals surface area contributed by atoms with Crippen LogP contribution < -0.4 is 15.1 Å². The first-order valence-electron chi connectivity index (χ1n) is 10.3. The van der Waals surface area contributed by atoms with E-state index in [0.29, 0.717) is 49.1 Å². The Morgan fingerprint density at radius 2 is 1.81 bits per heavy atom. The molecule has 2 aromatic carbocycles. The molecule has 164 valence electrons. The van der Waals surface area contributed by atoms with Crippen LogP contribution in [0.2, 0.25) is 5.02 Å². The van der Waals surface area contributed by atoms with Crippen molar-refractivity contribution in [3.8, 4) is 17.9 Å². The number of benzene rings is 2. The molecule has 0 spiro atoms. The predicted molar refractivity (Wildman–Crippen MR) is 124 cm³/mol. The van der Waals surface area contributed by atoms with E-state index < -0.39 is 0 Å². The Hall–Kier alpha value is -3.75. The number of nitrogens with one attached hydrogen (secondary N) is 1. The molecule has 0 unspecified atom stereocenters. The van der Waals surface area contributed by atoms with Crippen LogP contribution in [0.25, 0.3) is 0 Å². The number of rotatable bonds is 7. The summed E-state index contributed by atoms with van der Waals surface area (Å²) in [6, 6.07) is 15.9. The third kappa shape index (κ3) is 5.69. The van der Waals surface area contributed by atoms with Crippen LogP contribution in [-0.2, 0) is 0 Å². The molecule has 1 fully saturated rings. The number of nitriles is 2. The fourth-order valence-electron chi connectivity index (χ4n) is 3.28. The summed E-state index contributed by atoms with van der Waals surface area (Å²) in [7, 11) is 0. The van der Waals surface area contributed by atoms with Crippen molar-refractivity contribution in [3.05, 3.63) is 53.1 Å². The monoisotopic (exact) mass is 450 g/mol. The van der Waals surface area contributed by atoms with Gasteiger partial charge in [0.25, 0.3) is 5.91 Å². The molecule has 0 aliphatic carbocycles. The van der Waals surface area contributed by atoms with E-state index in [0.717, 1.165) is 17.9 Å². The van der Waals surface area contributed by atoms with Gasteiger partial charge in [-0.1, -0.05) is 18.5 Å². The van der Waals surface area contributed by atoms with Crippen LogP contribution in [0.3, 0.4) is 0 Å². The van der Waals surface area contributed by atoms with Crippen molar-refractivity contribution in [3.63, 3.8) is 0 Å². The highest BCUT2D eigenvalue weighted by Gasteiger charge is 2.23. The van der Waals surface area contributed by atoms with Gasteiger partial charge in [-0.2, -0.15) is 15.6 Å². The van der Waals surface area contributed by atoms with Gasteiger partial charge in [-0.15, -0.1) is 0 Å². The van der Waals surface area contributed by atoms with E-state index in [1.165, 1.54) is 0 Å². The number of nitrogens with zero attached hydrogens (tertiary/aromatic N) is 5. The van der Waals surface area contributed by atoms with Gasteiger partial charge in [-0.25, -0.2) is 0 Å². The fraction of sp³-hybridized carbons (Fsp3) is 0.304. The van der Waals surface area contributed by atoms with Gasteiger partial charge < -0.3 is 14.5 Å². The second-order valence-electron chi connectivity index (χ2n) is 7.11. The second kappa shape index (κ2) is 11.0. The van der Waals surface area contributed by atoms with Crippen LogP contribution in [0.4, 0.5) is 11.4 Å². The minimum Gasteiger partial charge on any atom is -0.494 e. The average molecular weight is 451 g/mol. The topological polar surface area (TPSA) is 105 Å². The zero-order valence-electron chi connectivity index (χ0n) is 17.7. The van der Waals surface area contributed by atoms with E-state index in [4.69, 9.17) is 26.9 Å². The molecule has 32 heavy (non-hydrogen) atoms. The van der Waals surface area contributed by atoms with Gasteiger partial charge in [-0.05, 0) is 48.9 Å². The van der Waals surface area contributed by atoms with E-state index in [2.05, 4.69) is 15.4 Å². The number of ether oxygens (including phenoxy) is 1. The number of carbonyl (C=O) groups excluding carboxylic acids is 1. The van der Waals surface area contributed by atoms with E-state index in [-0.39, 0.29) is 11.6 Å². The first-order valence-corrected chi connectivity index (χ1v) is 10.6.